The Hall–Kier alpha value is -2.38. The maximum atomic E-state index is 11.2. The van der Waals surface area contributed by atoms with Crippen LogP contribution in [0.15, 0.2) is 17.4 Å². The van der Waals surface area contributed by atoms with Crippen molar-refractivity contribution < 1.29 is 10.1 Å². The van der Waals surface area contributed by atoms with E-state index in [0.717, 1.165) is 25.8 Å². The zero-order chi connectivity index (χ0) is 14.7. The highest BCUT2D eigenvalue weighted by Crippen LogP contribution is 2.35. The minimum absolute atomic E-state index is 0.116. The molecule has 0 aliphatic heterocycles. The number of amidine groups is 1. The molecule has 8 heteroatoms. The molecular formula is C12H17N5O3. The van der Waals surface area contributed by atoms with Gasteiger partial charge in [-0.2, -0.15) is 0 Å². The fourth-order valence-corrected chi connectivity index (χ4v) is 2.09. The Bertz CT molecular complexity index is 542. The van der Waals surface area contributed by atoms with E-state index in [4.69, 9.17) is 10.9 Å². The third kappa shape index (κ3) is 2.79. The fourth-order valence-electron chi connectivity index (χ4n) is 2.09. The van der Waals surface area contributed by atoms with Gasteiger partial charge in [-0.1, -0.05) is 12.1 Å². The number of oxime groups is 1. The number of rotatable bonds is 6. The van der Waals surface area contributed by atoms with E-state index in [1.54, 1.807) is 0 Å². The van der Waals surface area contributed by atoms with E-state index in [1.807, 2.05) is 11.8 Å². The van der Waals surface area contributed by atoms with Crippen LogP contribution in [0.4, 0.5) is 11.5 Å². The minimum atomic E-state index is -0.485. The lowest BCUT2D eigenvalue weighted by Crippen LogP contribution is -2.28. The summed E-state index contributed by atoms with van der Waals surface area (Å²) in [4.78, 5) is 16.9. The topological polar surface area (TPSA) is 118 Å². The number of hydrogen-bond acceptors (Lipinski definition) is 6. The maximum Gasteiger partial charge on any atom is 0.312 e. The maximum absolute atomic E-state index is 11.2. The van der Waals surface area contributed by atoms with Crippen molar-refractivity contribution in [3.63, 3.8) is 0 Å². The van der Waals surface area contributed by atoms with Gasteiger partial charge < -0.3 is 15.8 Å². The molecule has 1 saturated carbocycles. The summed E-state index contributed by atoms with van der Waals surface area (Å²) in [6.45, 7) is 2.74. The first-order valence-electron chi connectivity index (χ1n) is 6.47. The van der Waals surface area contributed by atoms with Gasteiger partial charge in [0.15, 0.2) is 5.84 Å². The van der Waals surface area contributed by atoms with Crippen molar-refractivity contribution in [2.75, 3.05) is 11.4 Å². The normalized spacial score (nSPS) is 15.2. The highest BCUT2D eigenvalue weighted by atomic mass is 16.6. The van der Waals surface area contributed by atoms with Gasteiger partial charge in [-0.05, 0) is 19.3 Å². The predicted molar refractivity (Wildman–Crippen MR) is 74.1 cm³/mol. The largest absolute Gasteiger partial charge is 0.409 e. The van der Waals surface area contributed by atoms with Crippen molar-refractivity contribution in [1.82, 2.24) is 4.98 Å². The highest BCUT2D eigenvalue weighted by molar-refractivity contribution is 5.97. The molecule has 8 nitrogen and oxygen atoms in total. The first-order chi connectivity index (χ1) is 9.58. The summed E-state index contributed by atoms with van der Waals surface area (Å²) in [6, 6.07) is 1.62. The van der Waals surface area contributed by atoms with Gasteiger partial charge >= 0.3 is 5.69 Å². The smallest absolute Gasteiger partial charge is 0.312 e. The Balaban J connectivity index is 2.43. The van der Waals surface area contributed by atoms with Crippen molar-refractivity contribution in [2.24, 2.45) is 10.9 Å². The van der Waals surface area contributed by atoms with Gasteiger partial charge in [0.2, 0.25) is 5.82 Å². The number of nitrogens with zero attached hydrogens (tertiary/aromatic N) is 4. The second-order valence-electron chi connectivity index (χ2n) is 4.73. The van der Waals surface area contributed by atoms with Crippen molar-refractivity contribution in [2.45, 2.75) is 32.2 Å². The Labute approximate surface area is 116 Å². The van der Waals surface area contributed by atoms with E-state index in [0.29, 0.717) is 11.9 Å². The molecule has 1 aromatic heterocycles. The van der Waals surface area contributed by atoms with Crippen LogP contribution in [-0.2, 0) is 0 Å². The number of hydrogen-bond donors (Lipinski definition) is 2. The molecule has 0 aromatic carbocycles. The number of aromatic nitrogens is 1. The zero-order valence-electron chi connectivity index (χ0n) is 11.2. The lowest BCUT2D eigenvalue weighted by atomic mass is 10.2. The second kappa shape index (κ2) is 5.72. The second-order valence-corrected chi connectivity index (χ2v) is 4.73. The van der Waals surface area contributed by atoms with Gasteiger partial charge in [0.05, 0.1) is 4.92 Å². The minimum Gasteiger partial charge on any atom is -0.409 e. The molecule has 1 aliphatic rings. The lowest BCUT2D eigenvalue weighted by Gasteiger charge is -2.22. The molecule has 0 radical (unpaired) electrons. The molecule has 1 aromatic rings. The third-order valence-corrected chi connectivity index (χ3v) is 3.17. The van der Waals surface area contributed by atoms with Crippen LogP contribution in [0.25, 0.3) is 0 Å². The van der Waals surface area contributed by atoms with E-state index in [2.05, 4.69) is 10.1 Å². The first-order valence-corrected chi connectivity index (χ1v) is 6.47. The third-order valence-electron chi connectivity index (χ3n) is 3.17. The molecule has 1 heterocycles. The van der Waals surface area contributed by atoms with E-state index >= 15 is 0 Å². The molecule has 20 heavy (non-hydrogen) atoms. The van der Waals surface area contributed by atoms with Gasteiger partial charge in [-0.25, -0.2) is 4.98 Å². The number of nitrogens with two attached hydrogens (primary N) is 1. The summed E-state index contributed by atoms with van der Waals surface area (Å²) in [5.41, 5.74) is 5.56. The Kier molecular flexibility index (Phi) is 4.02. The van der Waals surface area contributed by atoms with E-state index in [-0.39, 0.29) is 17.1 Å². The van der Waals surface area contributed by atoms with Crippen molar-refractivity contribution in [3.8, 4) is 0 Å². The molecule has 108 valence electrons. The summed E-state index contributed by atoms with van der Waals surface area (Å²) >= 11 is 0. The van der Waals surface area contributed by atoms with Crippen molar-refractivity contribution >= 4 is 17.3 Å². The quantitative estimate of drug-likeness (QED) is 0.267. The number of anilines is 1. The Morgan fingerprint density at radius 3 is 2.90 bits per heavy atom. The molecule has 3 N–H and O–H groups in total. The summed E-state index contributed by atoms with van der Waals surface area (Å²) in [5.74, 6) is 0.162. The van der Waals surface area contributed by atoms with Gasteiger partial charge in [0, 0.05) is 30.4 Å². The number of pyridine rings is 1. The van der Waals surface area contributed by atoms with Gasteiger partial charge in [-0.3, -0.25) is 10.1 Å². The van der Waals surface area contributed by atoms with Crippen molar-refractivity contribution in [3.05, 3.63) is 27.9 Å². The van der Waals surface area contributed by atoms with Crippen LogP contribution < -0.4 is 10.6 Å². The molecule has 0 unspecified atom stereocenters. The molecule has 1 fully saturated rings. The predicted octanol–water partition coefficient (Wildman–Crippen LogP) is 1.46. The molecule has 0 spiro atoms. The standard InChI is InChI=1S/C12H17N5O3/c1-2-5-16(9-3-4-9)12-10(17(19)20)6-8(7-14-12)11(13)15-18/h6-7,9,18H,2-5H2,1H3,(H2,13,15). The van der Waals surface area contributed by atoms with Crippen LogP contribution in [0.5, 0.6) is 0 Å². The SMILES string of the molecule is CCCN(c1ncc(C(N)=NO)cc1[N+](=O)[O-])C1CC1. The van der Waals surface area contributed by atoms with Gasteiger partial charge in [0.25, 0.3) is 0 Å². The molecule has 1 aliphatic carbocycles. The van der Waals surface area contributed by atoms with Crippen LogP contribution in [0.2, 0.25) is 0 Å². The van der Waals surface area contributed by atoms with Gasteiger partial charge in [-0.15, -0.1) is 0 Å². The highest BCUT2D eigenvalue weighted by Gasteiger charge is 2.33. The van der Waals surface area contributed by atoms with Crippen LogP contribution in [0.1, 0.15) is 31.7 Å². The van der Waals surface area contributed by atoms with E-state index in [9.17, 15) is 10.1 Å². The number of nitro groups is 1. The molecule has 0 atom stereocenters. The van der Waals surface area contributed by atoms with Crippen LogP contribution >= 0.6 is 0 Å². The molecule has 0 bridgehead atoms. The van der Waals surface area contributed by atoms with E-state index < -0.39 is 4.92 Å². The summed E-state index contributed by atoms with van der Waals surface area (Å²) in [7, 11) is 0. The summed E-state index contributed by atoms with van der Waals surface area (Å²) in [6.07, 6.45) is 4.33. The lowest BCUT2D eigenvalue weighted by molar-refractivity contribution is -0.384. The summed E-state index contributed by atoms with van der Waals surface area (Å²) in [5, 5.41) is 22.7. The average molecular weight is 279 g/mol. The van der Waals surface area contributed by atoms with Crippen LogP contribution in [-0.4, -0.2) is 33.5 Å². The van der Waals surface area contributed by atoms with E-state index in [1.165, 1.54) is 12.3 Å². The molecule has 2 rings (SSSR count). The Morgan fingerprint density at radius 1 is 1.70 bits per heavy atom. The zero-order valence-corrected chi connectivity index (χ0v) is 11.2. The van der Waals surface area contributed by atoms with Gasteiger partial charge in [0.1, 0.15) is 0 Å². The van der Waals surface area contributed by atoms with Crippen LogP contribution in [0.3, 0.4) is 0 Å². The monoisotopic (exact) mass is 279 g/mol. The Morgan fingerprint density at radius 2 is 2.40 bits per heavy atom. The molecule has 0 saturated heterocycles. The molecule has 0 amide bonds. The van der Waals surface area contributed by atoms with Crippen LogP contribution in [0, 0.1) is 10.1 Å². The summed E-state index contributed by atoms with van der Waals surface area (Å²) < 4.78 is 0. The fraction of sp³-hybridized carbons (Fsp3) is 0.500. The average Bonchev–Trinajstić information content (AvgIpc) is 3.27. The first kappa shape index (κ1) is 14.0. The van der Waals surface area contributed by atoms with Crippen molar-refractivity contribution in [1.29, 1.82) is 0 Å². The molecular weight excluding hydrogens is 262 g/mol.